The summed E-state index contributed by atoms with van der Waals surface area (Å²) in [5.41, 5.74) is 0.971. The Hall–Kier alpha value is -3.56. The Bertz CT molecular complexity index is 1050. The number of rotatable bonds is 10. The summed E-state index contributed by atoms with van der Waals surface area (Å²) in [5, 5.41) is 18.2. The quantitative estimate of drug-likeness (QED) is 0.363. The van der Waals surface area contributed by atoms with Crippen LogP contribution in [-0.2, 0) is 14.4 Å². The van der Waals surface area contributed by atoms with Gasteiger partial charge in [0.1, 0.15) is 23.5 Å². The molecule has 0 bridgehead atoms. The first kappa shape index (κ1) is 24.1. The number of hydrogen-bond donors (Lipinski definition) is 5. The highest BCUT2D eigenvalue weighted by Crippen LogP contribution is 2.26. The van der Waals surface area contributed by atoms with Crippen molar-refractivity contribution in [2.75, 3.05) is 13.7 Å². The molecular weight excluding hydrogens is 428 g/mol. The summed E-state index contributed by atoms with van der Waals surface area (Å²) < 4.78 is 5.32. The maximum absolute atomic E-state index is 13.0. The van der Waals surface area contributed by atoms with E-state index in [2.05, 4.69) is 20.9 Å². The fourth-order valence-electron chi connectivity index (χ4n) is 4.01. The van der Waals surface area contributed by atoms with Crippen LogP contribution in [0.15, 0.2) is 24.3 Å². The Kier molecular flexibility index (Phi) is 7.57. The lowest BCUT2D eigenvalue weighted by Crippen LogP contribution is -2.52. The van der Waals surface area contributed by atoms with Gasteiger partial charge in [-0.25, -0.2) is 4.79 Å². The Labute approximate surface area is 191 Å². The van der Waals surface area contributed by atoms with E-state index in [9.17, 15) is 24.3 Å². The normalized spacial score (nSPS) is 17.5. The lowest BCUT2D eigenvalue weighted by Gasteiger charge is -2.23. The molecule has 10 nitrogen and oxygen atoms in total. The highest BCUT2D eigenvalue weighted by atomic mass is 16.5. The highest BCUT2D eigenvalue weighted by molar-refractivity contribution is 6.01. The molecule has 1 saturated heterocycles. The van der Waals surface area contributed by atoms with Crippen molar-refractivity contribution in [3.63, 3.8) is 0 Å². The number of aromatic amines is 1. The number of carboxylic acid groups (broad SMARTS) is 1. The maximum Gasteiger partial charge on any atom is 0.326 e. The summed E-state index contributed by atoms with van der Waals surface area (Å²) >= 11 is 0. The van der Waals surface area contributed by atoms with Crippen molar-refractivity contribution in [3.8, 4) is 5.75 Å². The number of benzene rings is 1. The van der Waals surface area contributed by atoms with Crippen LogP contribution in [0.2, 0.25) is 0 Å². The third-order valence-corrected chi connectivity index (χ3v) is 5.72. The molecule has 5 N–H and O–H groups in total. The van der Waals surface area contributed by atoms with Gasteiger partial charge in [0, 0.05) is 23.4 Å². The van der Waals surface area contributed by atoms with E-state index < -0.39 is 35.8 Å². The van der Waals surface area contributed by atoms with E-state index in [1.807, 2.05) is 19.9 Å². The number of hydrogen-bond acceptors (Lipinski definition) is 5. The molecule has 1 aromatic heterocycles. The standard InChI is InChI=1S/C23H30N4O6/c1-12(2)9-16(21(29)27-18(23(31)32)10-13-7-8-24-20(13)28)26-22(30)17-11-14-15(25-17)5-4-6-19(14)33-3/h4-6,11-13,16,18,25H,7-10H2,1-3H3,(H,24,28)(H,26,30)(H,27,29)(H,31,32)/t13-,16-,18?/m0/s1. The first-order chi connectivity index (χ1) is 15.7. The van der Waals surface area contributed by atoms with Gasteiger partial charge in [-0.2, -0.15) is 0 Å². The van der Waals surface area contributed by atoms with Crippen LogP contribution < -0.4 is 20.7 Å². The molecule has 1 aliphatic heterocycles. The summed E-state index contributed by atoms with van der Waals surface area (Å²) in [6, 6.07) is 4.87. The molecule has 2 aromatic rings. The average Bonchev–Trinajstić information content (AvgIpc) is 3.38. The molecular formula is C23H30N4O6. The fourth-order valence-corrected chi connectivity index (χ4v) is 4.01. The van der Waals surface area contributed by atoms with Gasteiger partial charge in [-0.1, -0.05) is 19.9 Å². The molecule has 1 aliphatic rings. The number of carbonyl (C=O) groups is 4. The predicted molar refractivity (Wildman–Crippen MR) is 121 cm³/mol. The van der Waals surface area contributed by atoms with E-state index in [0.717, 1.165) is 5.39 Å². The largest absolute Gasteiger partial charge is 0.496 e. The number of aliphatic carboxylic acids is 1. The maximum atomic E-state index is 13.0. The van der Waals surface area contributed by atoms with Gasteiger partial charge >= 0.3 is 5.97 Å². The van der Waals surface area contributed by atoms with E-state index in [-0.39, 0.29) is 23.9 Å². The number of methoxy groups -OCH3 is 1. The molecule has 3 atom stereocenters. The second-order valence-corrected chi connectivity index (χ2v) is 8.67. The van der Waals surface area contributed by atoms with Crippen molar-refractivity contribution in [2.24, 2.45) is 11.8 Å². The Morgan fingerprint density at radius 2 is 1.97 bits per heavy atom. The summed E-state index contributed by atoms with van der Waals surface area (Å²) in [6.45, 7) is 4.29. The van der Waals surface area contributed by atoms with Gasteiger partial charge in [0.15, 0.2) is 0 Å². The third kappa shape index (κ3) is 5.82. The minimum atomic E-state index is -1.23. The Balaban J connectivity index is 1.74. The zero-order valence-electron chi connectivity index (χ0n) is 18.9. The lowest BCUT2D eigenvalue weighted by atomic mass is 9.97. The molecule has 3 rings (SSSR count). The van der Waals surface area contributed by atoms with Crippen LogP contribution in [0.1, 0.15) is 43.6 Å². The molecule has 3 amide bonds. The highest BCUT2D eigenvalue weighted by Gasteiger charge is 2.33. The number of H-pyrrole nitrogens is 1. The van der Waals surface area contributed by atoms with Crippen LogP contribution in [0, 0.1) is 11.8 Å². The van der Waals surface area contributed by atoms with Crippen molar-refractivity contribution < 1.29 is 29.0 Å². The van der Waals surface area contributed by atoms with E-state index in [0.29, 0.717) is 30.7 Å². The SMILES string of the molecule is COc1cccc2[nH]c(C(=O)N[C@@H](CC(C)C)C(=O)NC(C[C@@H]3CCNC3=O)C(=O)O)cc12. The minimum Gasteiger partial charge on any atom is -0.496 e. The molecule has 0 radical (unpaired) electrons. The number of nitrogens with one attached hydrogen (secondary N) is 4. The average molecular weight is 459 g/mol. The first-order valence-electron chi connectivity index (χ1n) is 11.0. The molecule has 1 fully saturated rings. The van der Waals surface area contributed by atoms with Gasteiger partial charge in [0.2, 0.25) is 11.8 Å². The predicted octanol–water partition coefficient (Wildman–Crippen LogP) is 1.42. The molecule has 0 aliphatic carbocycles. The number of aromatic nitrogens is 1. The zero-order valence-corrected chi connectivity index (χ0v) is 18.9. The van der Waals surface area contributed by atoms with Gasteiger partial charge < -0.3 is 30.8 Å². The van der Waals surface area contributed by atoms with Gasteiger partial charge in [0.05, 0.1) is 7.11 Å². The van der Waals surface area contributed by atoms with Gasteiger partial charge in [-0.05, 0) is 43.4 Å². The van der Waals surface area contributed by atoms with Crippen LogP contribution in [0.4, 0.5) is 0 Å². The van der Waals surface area contributed by atoms with Crippen molar-refractivity contribution in [3.05, 3.63) is 30.0 Å². The monoisotopic (exact) mass is 458 g/mol. The minimum absolute atomic E-state index is 0.00291. The van der Waals surface area contributed by atoms with E-state index in [4.69, 9.17) is 4.74 Å². The Morgan fingerprint density at radius 1 is 1.21 bits per heavy atom. The van der Waals surface area contributed by atoms with Crippen molar-refractivity contribution in [2.45, 2.75) is 45.2 Å². The molecule has 10 heteroatoms. The van der Waals surface area contributed by atoms with Crippen LogP contribution >= 0.6 is 0 Å². The third-order valence-electron chi connectivity index (χ3n) is 5.72. The number of fused-ring (bicyclic) bond motifs is 1. The lowest BCUT2D eigenvalue weighted by molar-refractivity contribution is -0.142. The number of ether oxygens (including phenoxy) is 1. The Morgan fingerprint density at radius 3 is 2.58 bits per heavy atom. The molecule has 0 saturated carbocycles. The van der Waals surface area contributed by atoms with E-state index >= 15 is 0 Å². The number of carboxylic acids is 1. The van der Waals surface area contributed by atoms with Crippen molar-refractivity contribution in [1.82, 2.24) is 20.9 Å². The van der Waals surface area contributed by atoms with Crippen LogP contribution in [0.5, 0.6) is 5.75 Å². The van der Waals surface area contributed by atoms with E-state index in [1.54, 1.807) is 25.3 Å². The molecule has 178 valence electrons. The van der Waals surface area contributed by atoms with Gasteiger partial charge in [-0.15, -0.1) is 0 Å². The fraction of sp³-hybridized carbons (Fsp3) is 0.478. The molecule has 1 unspecified atom stereocenters. The second-order valence-electron chi connectivity index (χ2n) is 8.67. The van der Waals surface area contributed by atoms with Crippen molar-refractivity contribution in [1.29, 1.82) is 0 Å². The molecule has 1 aromatic carbocycles. The van der Waals surface area contributed by atoms with Crippen LogP contribution in [0.25, 0.3) is 10.9 Å². The smallest absolute Gasteiger partial charge is 0.326 e. The molecule has 2 heterocycles. The van der Waals surface area contributed by atoms with Crippen LogP contribution in [-0.4, -0.2) is 59.5 Å². The number of carbonyl (C=O) groups excluding carboxylic acids is 3. The first-order valence-corrected chi connectivity index (χ1v) is 11.0. The topological polar surface area (TPSA) is 150 Å². The summed E-state index contributed by atoms with van der Waals surface area (Å²) in [7, 11) is 1.54. The van der Waals surface area contributed by atoms with Crippen molar-refractivity contribution >= 4 is 34.6 Å². The van der Waals surface area contributed by atoms with E-state index in [1.165, 1.54) is 0 Å². The van der Waals surface area contributed by atoms with Gasteiger partial charge in [-0.3, -0.25) is 14.4 Å². The van der Waals surface area contributed by atoms with Crippen LogP contribution in [0.3, 0.4) is 0 Å². The summed E-state index contributed by atoms with van der Waals surface area (Å²) in [6.07, 6.45) is 0.836. The summed E-state index contributed by atoms with van der Waals surface area (Å²) in [5.74, 6) is -2.32. The molecule has 33 heavy (non-hydrogen) atoms. The summed E-state index contributed by atoms with van der Waals surface area (Å²) in [4.78, 5) is 52.5. The molecule has 0 spiro atoms. The van der Waals surface area contributed by atoms with Gasteiger partial charge in [0.25, 0.3) is 5.91 Å². The second kappa shape index (κ2) is 10.4. The number of amides is 3. The zero-order chi connectivity index (χ0) is 24.1.